The molecule has 1 rings (SSSR count). The molecule has 0 radical (unpaired) electrons. The first kappa shape index (κ1) is 14.0. The molecule has 1 aromatic rings. The lowest BCUT2D eigenvalue weighted by Gasteiger charge is -2.22. The van der Waals surface area contributed by atoms with E-state index in [1.54, 1.807) is 0 Å². The second-order valence-electron chi connectivity index (χ2n) is 5.52. The van der Waals surface area contributed by atoms with Gasteiger partial charge < -0.3 is 10.5 Å². The first-order valence-electron chi connectivity index (χ1n) is 6.35. The van der Waals surface area contributed by atoms with Crippen LogP contribution in [0.5, 0.6) is 5.75 Å². The smallest absolute Gasteiger partial charge is 0.122 e. The molecular formula is C15H25NO. The standard InChI is InChI=1S/C15H25NO/c1-12-7-5-8-14(13(12)2)17-10-6-9-15(3,4)11-16/h5,7-8H,6,9-11,16H2,1-4H3. The molecule has 0 aliphatic heterocycles. The fourth-order valence-corrected chi connectivity index (χ4v) is 1.72. The molecule has 0 heterocycles. The number of benzene rings is 1. The minimum atomic E-state index is 0.227. The van der Waals surface area contributed by atoms with Crippen LogP contribution in [0.3, 0.4) is 0 Å². The summed E-state index contributed by atoms with van der Waals surface area (Å²) in [4.78, 5) is 0. The molecule has 0 aromatic heterocycles. The lowest BCUT2D eigenvalue weighted by molar-refractivity contribution is 0.260. The van der Waals surface area contributed by atoms with Crippen molar-refractivity contribution in [2.75, 3.05) is 13.2 Å². The number of nitrogens with two attached hydrogens (primary N) is 1. The van der Waals surface area contributed by atoms with Crippen LogP contribution in [-0.4, -0.2) is 13.2 Å². The zero-order valence-corrected chi connectivity index (χ0v) is 11.5. The van der Waals surface area contributed by atoms with Crippen molar-refractivity contribution < 1.29 is 4.74 Å². The Morgan fingerprint density at radius 2 is 1.94 bits per heavy atom. The fraction of sp³-hybridized carbons (Fsp3) is 0.600. The van der Waals surface area contributed by atoms with Gasteiger partial charge in [-0.3, -0.25) is 0 Å². The van der Waals surface area contributed by atoms with E-state index < -0.39 is 0 Å². The molecule has 17 heavy (non-hydrogen) atoms. The van der Waals surface area contributed by atoms with Crippen molar-refractivity contribution in [3.63, 3.8) is 0 Å². The molecular weight excluding hydrogens is 210 g/mol. The Hall–Kier alpha value is -1.02. The van der Waals surface area contributed by atoms with Gasteiger partial charge in [0.15, 0.2) is 0 Å². The van der Waals surface area contributed by atoms with Gasteiger partial charge in [0, 0.05) is 0 Å². The van der Waals surface area contributed by atoms with Gasteiger partial charge in [-0.2, -0.15) is 0 Å². The van der Waals surface area contributed by atoms with E-state index in [9.17, 15) is 0 Å². The van der Waals surface area contributed by atoms with Gasteiger partial charge in [0.1, 0.15) is 5.75 Å². The fourth-order valence-electron chi connectivity index (χ4n) is 1.72. The summed E-state index contributed by atoms with van der Waals surface area (Å²) >= 11 is 0. The van der Waals surface area contributed by atoms with E-state index in [0.717, 1.165) is 31.7 Å². The van der Waals surface area contributed by atoms with Crippen LogP contribution >= 0.6 is 0 Å². The molecule has 0 bridgehead atoms. The molecule has 0 unspecified atom stereocenters. The predicted octanol–water partition coefficient (Wildman–Crippen LogP) is 3.45. The first-order valence-corrected chi connectivity index (χ1v) is 6.35. The molecule has 2 N–H and O–H groups in total. The van der Waals surface area contributed by atoms with Crippen LogP contribution in [0, 0.1) is 19.3 Å². The van der Waals surface area contributed by atoms with Gasteiger partial charge in [-0.25, -0.2) is 0 Å². The van der Waals surface area contributed by atoms with E-state index in [1.165, 1.54) is 11.1 Å². The van der Waals surface area contributed by atoms with Crippen LogP contribution in [0.1, 0.15) is 37.8 Å². The minimum Gasteiger partial charge on any atom is -0.493 e. The summed E-state index contributed by atoms with van der Waals surface area (Å²) in [7, 11) is 0. The largest absolute Gasteiger partial charge is 0.493 e. The third-order valence-corrected chi connectivity index (χ3v) is 3.36. The molecule has 2 heteroatoms. The molecule has 0 spiro atoms. The van der Waals surface area contributed by atoms with E-state index in [0.29, 0.717) is 0 Å². The van der Waals surface area contributed by atoms with E-state index in [2.05, 4.69) is 33.8 Å². The SMILES string of the molecule is Cc1cccc(OCCCC(C)(C)CN)c1C. The summed E-state index contributed by atoms with van der Waals surface area (Å²) in [5, 5.41) is 0. The summed E-state index contributed by atoms with van der Waals surface area (Å²) in [6.45, 7) is 10.1. The molecule has 96 valence electrons. The van der Waals surface area contributed by atoms with E-state index in [-0.39, 0.29) is 5.41 Å². The van der Waals surface area contributed by atoms with E-state index in [1.807, 2.05) is 12.1 Å². The summed E-state index contributed by atoms with van der Waals surface area (Å²) in [5.41, 5.74) is 8.45. The first-order chi connectivity index (χ1) is 7.96. The molecule has 0 aliphatic rings. The molecule has 0 saturated carbocycles. The average molecular weight is 235 g/mol. The molecule has 0 aliphatic carbocycles. The normalized spacial score (nSPS) is 11.6. The molecule has 0 saturated heterocycles. The Labute approximate surface area is 105 Å². The lowest BCUT2D eigenvalue weighted by Crippen LogP contribution is -2.24. The highest BCUT2D eigenvalue weighted by Crippen LogP contribution is 2.23. The maximum Gasteiger partial charge on any atom is 0.122 e. The average Bonchev–Trinajstić information content (AvgIpc) is 2.30. The van der Waals surface area contributed by atoms with Crippen LogP contribution in [-0.2, 0) is 0 Å². The molecule has 2 nitrogen and oxygen atoms in total. The van der Waals surface area contributed by atoms with E-state index >= 15 is 0 Å². The zero-order valence-electron chi connectivity index (χ0n) is 11.5. The van der Waals surface area contributed by atoms with Gasteiger partial charge in [-0.15, -0.1) is 0 Å². The Morgan fingerprint density at radius 1 is 1.24 bits per heavy atom. The number of rotatable bonds is 6. The van der Waals surface area contributed by atoms with Crippen LogP contribution in [0.25, 0.3) is 0 Å². The van der Waals surface area contributed by atoms with Gasteiger partial charge in [0.2, 0.25) is 0 Å². The van der Waals surface area contributed by atoms with Crippen LogP contribution in [0.15, 0.2) is 18.2 Å². The second kappa shape index (κ2) is 6.06. The lowest BCUT2D eigenvalue weighted by atomic mass is 9.88. The quantitative estimate of drug-likeness (QED) is 0.766. The highest BCUT2D eigenvalue weighted by Gasteiger charge is 2.14. The summed E-state index contributed by atoms with van der Waals surface area (Å²) in [6.07, 6.45) is 2.16. The predicted molar refractivity (Wildman–Crippen MR) is 73.5 cm³/mol. The third-order valence-electron chi connectivity index (χ3n) is 3.36. The Morgan fingerprint density at radius 3 is 2.59 bits per heavy atom. The van der Waals surface area contributed by atoms with Gasteiger partial charge in [0.05, 0.1) is 6.61 Å². The van der Waals surface area contributed by atoms with E-state index in [4.69, 9.17) is 10.5 Å². The number of ether oxygens (including phenoxy) is 1. The molecule has 0 fully saturated rings. The maximum absolute atomic E-state index is 5.82. The second-order valence-corrected chi connectivity index (χ2v) is 5.52. The number of aryl methyl sites for hydroxylation is 1. The summed E-state index contributed by atoms with van der Waals surface area (Å²) in [6, 6.07) is 6.19. The van der Waals surface area contributed by atoms with Crippen molar-refractivity contribution in [2.45, 2.75) is 40.5 Å². The van der Waals surface area contributed by atoms with Crippen molar-refractivity contribution >= 4 is 0 Å². The van der Waals surface area contributed by atoms with Crippen LogP contribution < -0.4 is 10.5 Å². The van der Waals surface area contributed by atoms with Crippen molar-refractivity contribution in [1.82, 2.24) is 0 Å². The van der Waals surface area contributed by atoms with Crippen LogP contribution in [0.4, 0.5) is 0 Å². The highest BCUT2D eigenvalue weighted by molar-refractivity contribution is 5.38. The van der Waals surface area contributed by atoms with Crippen molar-refractivity contribution in [3.05, 3.63) is 29.3 Å². The van der Waals surface area contributed by atoms with Gasteiger partial charge in [-0.05, 0) is 55.8 Å². The maximum atomic E-state index is 5.82. The van der Waals surface area contributed by atoms with Crippen molar-refractivity contribution in [2.24, 2.45) is 11.1 Å². The van der Waals surface area contributed by atoms with Gasteiger partial charge >= 0.3 is 0 Å². The summed E-state index contributed by atoms with van der Waals surface area (Å²) < 4.78 is 5.82. The van der Waals surface area contributed by atoms with Crippen LogP contribution in [0.2, 0.25) is 0 Å². The number of hydrogen-bond acceptors (Lipinski definition) is 2. The summed E-state index contributed by atoms with van der Waals surface area (Å²) in [5.74, 6) is 1.01. The third kappa shape index (κ3) is 4.39. The molecule has 1 aromatic carbocycles. The Kier molecular flexibility index (Phi) is 5.01. The number of hydrogen-bond donors (Lipinski definition) is 1. The highest BCUT2D eigenvalue weighted by atomic mass is 16.5. The van der Waals surface area contributed by atoms with Crippen molar-refractivity contribution in [3.8, 4) is 5.75 Å². The molecule has 0 amide bonds. The van der Waals surface area contributed by atoms with Gasteiger partial charge in [-0.1, -0.05) is 26.0 Å². The zero-order chi connectivity index (χ0) is 12.9. The molecule has 0 atom stereocenters. The van der Waals surface area contributed by atoms with Crippen molar-refractivity contribution in [1.29, 1.82) is 0 Å². The Bertz CT molecular complexity index is 358. The minimum absolute atomic E-state index is 0.227. The van der Waals surface area contributed by atoms with Gasteiger partial charge in [0.25, 0.3) is 0 Å². The Balaban J connectivity index is 2.39. The monoisotopic (exact) mass is 235 g/mol. The topological polar surface area (TPSA) is 35.2 Å².